The average molecular weight is 723 g/mol. The molecule has 0 amide bonds. The smallest absolute Gasteiger partial charge is 0.306 e. The molecule has 8 atom stereocenters. The lowest BCUT2D eigenvalue weighted by atomic mass is 9.46. The third kappa shape index (κ3) is 6.98. The summed E-state index contributed by atoms with van der Waals surface area (Å²) < 4.78 is 13.5. The molecule has 4 fully saturated rings. The number of imidazole rings is 1. The van der Waals surface area contributed by atoms with Crippen molar-refractivity contribution >= 4 is 52.4 Å². The number of cyclic esters (lactones) is 1. The zero-order valence-electron chi connectivity index (χ0n) is 27.2. The van der Waals surface area contributed by atoms with Crippen LogP contribution in [0.2, 0.25) is 20.1 Å². The van der Waals surface area contributed by atoms with Crippen molar-refractivity contribution < 1.29 is 19.4 Å². The third-order valence-corrected chi connectivity index (χ3v) is 13.4. The predicted molar refractivity (Wildman–Crippen MR) is 187 cm³/mol. The largest absolute Gasteiger partial charge is 0.465 e. The van der Waals surface area contributed by atoms with E-state index in [1.165, 1.54) is 25.7 Å². The second-order valence-corrected chi connectivity index (χ2v) is 16.4. The van der Waals surface area contributed by atoms with Gasteiger partial charge in [0.2, 0.25) is 0 Å². The third-order valence-electron chi connectivity index (χ3n) is 12.3. The number of hydrogen-bond donors (Lipinski definition) is 1. The van der Waals surface area contributed by atoms with Crippen LogP contribution in [0, 0.1) is 34.5 Å². The molecule has 1 aliphatic heterocycles. The Labute approximate surface area is 298 Å². The molecule has 6 nitrogen and oxygen atoms in total. The summed E-state index contributed by atoms with van der Waals surface area (Å²) in [4.78, 5) is 15.7. The van der Waals surface area contributed by atoms with Gasteiger partial charge in [-0.15, -0.1) is 0 Å². The van der Waals surface area contributed by atoms with E-state index < -0.39 is 5.60 Å². The first-order valence-corrected chi connectivity index (χ1v) is 18.2. The van der Waals surface area contributed by atoms with Crippen LogP contribution in [-0.2, 0) is 27.4 Å². The summed E-state index contributed by atoms with van der Waals surface area (Å²) in [6, 6.07) is 10.7. The number of carbonyl (C=O) groups is 1. The average Bonchev–Trinajstić information content (AvgIpc) is 3.62. The minimum Gasteiger partial charge on any atom is -0.465 e. The number of ether oxygens (including phenoxy) is 2. The zero-order chi connectivity index (χ0) is 33.6. The van der Waals surface area contributed by atoms with Gasteiger partial charge >= 0.3 is 5.97 Å². The van der Waals surface area contributed by atoms with E-state index in [9.17, 15) is 9.90 Å². The SMILES string of the molecule is C[C@]12COC(=O)C[C@@H]1CC[C@@H]1[C@@H]2CC[C@@]2(C)[C@H]1CC[C@]2(C)O.Clc1ccc(COC(Cn2ccnc2)c2ccc(Cl)cc2Cl)c(Cl)c1. The summed E-state index contributed by atoms with van der Waals surface area (Å²) >= 11 is 24.5. The normalized spacial score (nSPS) is 33.5. The lowest BCUT2D eigenvalue weighted by Crippen LogP contribution is -2.57. The maximum absolute atomic E-state index is 11.7. The highest BCUT2D eigenvalue weighted by Gasteiger charge is 2.63. The van der Waals surface area contributed by atoms with E-state index in [2.05, 4.69) is 25.8 Å². The van der Waals surface area contributed by atoms with Gasteiger partial charge in [-0.25, -0.2) is 4.98 Å². The molecule has 2 heterocycles. The van der Waals surface area contributed by atoms with E-state index in [1.807, 2.05) is 22.9 Å². The van der Waals surface area contributed by atoms with Gasteiger partial charge in [0.15, 0.2) is 0 Å². The maximum Gasteiger partial charge on any atom is 0.306 e. The summed E-state index contributed by atoms with van der Waals surface area (Å²) in [5.41, 5.74) is 1.46. The molecule has 47 heavy (non-hydrogen) atoms. The molecule has 2 aromatic carbocycles. The minimum absolute atomic E-state index is 0.00497. The fourth-order valence-electron chi connectivity index (χ4n) is 9.25. The monoisotopic (exact) mass is 720 g/mol. The number of nitrogens with zero attached hydrogens (tertiary/aromatic N) is 2. The minimum atomic E-state index is -0.501. The highest BCUT2D eigenvalue weighted by Crippen LogP contribution is 2.67. The Kier molecular flexibility index (Phi) is 10.3. The molecule has 3 aromatic rings. The standard InChI is InChI=1S/C19H30O3.C18H14Cl4N2O/c1-17-11-22-16(20)10-12(17)4-5-13-14(17)6-8-18(2)15(13)7-9-19(18,3)21;19-13-2-1-12(16(21)7-13)10-25-18(9-24-6-5-23-11-24)15-4-3-14(20)8-17(15)22/h12-15,21H,4-11H2,1-3H3;1-8,11,18H,9-10H2/t12-,13+,14-,15-,17-,18-,19-;/m0./s1. The number of aliphatic hydroxyl groups is 1. The van der Waals surface area contributed by atoms with Crippen LogP contribution < -0.4 is 0 Å². The Morgan fingerprint density at radius 2 is 1.70 bits per heavy atom. The van der Waals surface area contributed by atoms with Gasteiger partial charge in [0.25, 0.3) is 0 Å². The van der Waals surface area contributed by atoms with Crippen molar-refractivity contribution in [2.24, 2.45) is 34.5 Å². The molecule has 10 heteroatoms. The van der Waals surface area contributed by atoms with Gasteiger partial charge in [0.05, 0.1) is 31.7 Å². The van der Waals surface area contributed by atoms with E-state index in [0.29, 0.717) is 69.9 Å². The van der Waals surface area contributed by atoms with Crippen molar-refractivity contribution in [3.05, 3.63) is 86.3 Å². The number of hydrogen-bond acceptors (Lipinski definition) is 5. The molecule has 254 valence electrons. The second kappa shape index (κ2) is 13.8. The van der Waals surface area contributed by atoms with Crippen LogP contribution in [0.1, 0.15) is 82.9 Å². The first kappa shape index (κ1) is 35.0. The molecule has 0 bridgehead atoms. The summed E-state index contributed by atoms with van der Waals surface area (Å²) in [5, 5.41) is 13.2. The number of carbonyl (C=O) groups excluding carboxylic acids is 1. The van der Waals surface area contributed by atoms with Crippen LogP contribution in [0.3, 0.4) is 0 Å². The molecule has 3 aliphatic carbocycles. The Balaban J connectivity index is 0.000000165. The van der Waals surface area contributed by atoms with E-state index in [4.69, 9.17) is 55.9 Å². The van der Waals surface area contributed by atoms with Gasteiger partial charge in [0.1, 0.15) is 6.10 Å². The molecule has 1 aromatic heterocycles. The highest BCUT2D eigenvalue weighted by molar-refractivity contribution is 6.35. The van der Waals surface area contributed by atoms with Crippen molar-refractivity contribution in [2.75, 3.05) is 6.61 Å². The van der Waals surface area contributed by atoms with Crippen molar-refractivity contribution in [1.29, 1.82) is 0 Å². The summed E-state index contributed by atoms with van der Waals surface area (Å²) in [5.74, 6) is 2.56. The number of esters is 1. The van der Waals surface area contributed by atoms with Crippen molar-refractivity contribution in [1.82, 2.24) is 9.55 Å². The molecule has 3 saturated carbocycles. The Morgan fingerprint density at radius 1 is 0.979 bits per heavy atom. The summed E-state index contributed by atoms with van der Waals surface area (Å²) in [6.45, 7) is 8.27. The molecule has 1 unspecified atom stereocenters. The quantitative estimate of drug-likeness (QED) is 0.257. The predicted octanol–water partition coefficient (Wildman–Crippen LogP) is 10.00. The van der Waals surface area contributed by atoms with Gasteiger partial charge < -0.3 is 19.1 Å². The Bertz CT molecular complexity index is 1580. The number of halogens is 4. The fourth-order valence-corrected chi connectivity index (χ4v) is 10.2. The Hall–Kier alpha value is -1.80. The number of fused-ring (bicyclic) bond motifs is 5. The van der Waals surface area contributed by atoms with Crippen LogP contribution in [0.15, 0.2) is 55.1 Å². The number of aromatic nitrogens is 2. The molecule has 1 saturated heterocycles. The first-order chi connectivity index (χ1) is 22.3. The molecule has 1 N–H and O–H groups in total. The van der Waals surface area contributed by atoms with Gasteiger partial charge in [0, 0.05) is 49.9 Å². The topological polar surface area (TPSA) is 73.6 Å². The van der Waals surface area contributed by atoms with Crippen LogP contribution in [0.4, 0.5) is 0 Å². The Morgan fingerprint density at radius 3 is 2.40 bits per heavy atom. The van der Waals surface area contributed by atoms with Gasteiger partial charge in [-0.1, -0.05) is 72.4 Å². The molecule has 0 spiro atoms. The van der Waals surface area contributed by atoms with Crippen LogP contribution in [-0.4, -0.2) is 32.8 Å². The second-order valence-electron chi connectivity index (χ2n) is 14.8. The van der Waals surface area contributed by atoms with E-state index in [1.54, 1.807) is 36.8 Å². The van der Waals surface area contributed by atoms with E-state index in [-0.39, 0.29) is 22.9 Å². The zero-order valence-corrected chi connectivity index (χ0v) is 30.3. The van der Waals surface area contributed by atoms with Crippen LogP contribution in [0.5, 0.6) is 0 Å². The lowest BCUT2D eigenvalue weighted by molar-refractivity contribution is -0.186. The molecule has 0 radical (unpaired) electrons. The first-order valence-electron chi connectivity index (χ1n) is 16.6. The molecular formula is C37H44Cl4N2O4. The number of benzene rings is 2. The molecular weight excluding hydrogens is 678 g/mol. The maximum atomic E-state index is 11.7. The van der Waals surface area contributed by atoms with Crippen molar-refractivity contribution in [2.45, 2.75) is 90.6 Å². The van der Waals surface area contributed by atoms with Crippen LogP contribution in [0.25, 0.3) is 0 Å². The van der Waals surface area contributed by atoms with E-state index in [0.717, 1.165) is 24.0 Å². The fraction of sp³-hybridized carbons (Fsp3) is 0.568. The van der Waals surface area contributed by atoms with Crippen molar-refractivity contribution in [3.63, 3.8) is 0 Å². The molecule has 4 aliphatic rings. The summed E-state index contributed by atoms with van der Waals surface area (Å²) in [6.07, 6.45) is 12.5. The van der Waals surface area contributed by atoms with Gasteiger partial charge in [-0.05, 0) is 104 Å². The molecule has 7 rings (SSSR count). The summed E-state index contributed by atoms with van der Waals surface area (Å²) in [7, 11) is 0. The van der Waals surface area contributed by atoms with Crippen LogP contribution >= 0.6 is 46.4 Å². The highest BCUT2D eigenvalue weighted by atomic mass is 35.5. The van der Waals surface area contributed by atoms with Gasteiger partial charge in [-0.2, -0.15) is 0 Å². The van der Waals surface area contributed by atoms with Gasteiger partial charge in [-0.3, -0.25) is 4.79 Å². The van der Waals surface area contributed by atoms with E-state index >= 15 is 0 Å². The van der Waals surface area contributed by atoms with Crippen molar-refractivity contribution in [3.8, 4) is 0 Å². The lowest BCUT2D eigenvalue weighted by Gasteiger charge is -2.60. The number of rotatable bonds is 6.